The Morgan fingerprint density at radius 2 is 2.15 bits per heavy atom. The van der Waals surface area contributed by atoms with E-state index in [-0.39, 0.29) is 29.7 Å². The molecule has 0 radical (unpaired) electrons. The van der Waals surface area contributed by atoms with Crippen LogP contribution in [0.4, 0.5) is 11.4 Å². The predicted octanol–water partition coefficient (Wildman–Crippen LogP) is 1.37. The number of nitro groups is 1. The molecule has 1 N–H and O–H groups in total. The van der Waals surface area contributed by atoms with E-state index in [9.17, 15) is 19.7 Å². The van der Waals surface area contributed by atoms with Gasteiger partial charge in [-0.15, -0.1) is 0 Å². The molecule has 0 saturated carbocycles. The molecule has 1 aromatic rings. The van der Waals surface area contributed by atoms with Crippen molar-refractivity contribution in [2.45, 2.75) is 19.9 Å². The van der Waals surface area contributed by atoms with Crippen molar-refractivity contribution >= 4 is 23.6 Å². The molecular weight excluding hydrogens is 262 g/mol. The van der Waals surface area contributed by atoms with Crippen LogP contribution in [0.1, 0.15) is 24.2 Å². The number of anilines is 1. The highest BCUT2D eigenvalue weighted by atomic mass is 16.6. The molecule has 0 spiro atoms. The average Bonchev–Trinajstić information content (AvgIpc) is 2.36. The van der Waals surface area contributed by atoms with Crippen LogP contribution in [0, 0.1) is 10.1 Å². The monoisotopic (exact) mass is 279 g/mol. The molecule has 1 amide bonds. The van der Waals surface area contributed by atoms with Crippen molar-refractivity contribution in [2.75, 3.05) is 18.5 Å². The maximum Gasteiger partial charge on any atom is 0.293 e. The third kappa shape index (κ3) is 4.04. The lowest BCUT2D eigenvalue weighted by Crippen LogP contribution is -2.38. The largest absolute Gasteiger partial charge is 0.360 e. The summed E-state index contributed by atoms with van der Waals surface area (Å²) in [6, 6.07) is 4.14. The lowest BCUT2D eigenvalue weighted by Gasteiger charge is -2.19. The van der Waals surface area contributed by atoms with Crippen LogP contribution in [0.15, 0.2) is 18.2 Å². The van der Waals surface area contributed by atoms with Gasteiger partial charge >= 0.3 is 0 Å². The summed E-state index contributed by atoms with van der Waals surface area (Å²) >= 11 is 0. The van der Waals surface area contributed by atoms with Crippen LogP contribution in [0.3, 0.4) is 0 Å². The van der Waals surface area contributed by atoms with Crippen molar-refractivity contribution in [3.05, 3.63) is 33.9 Å². The molecule has 108 valence electrons. The van der Waals surface area contributed by atoms with Gasteiger partial charge in [0.25, 0.3) is 5.69 Å². The molecular formula is C13H17N3O4. The van der Waals surface area contributed by atoms with Gasteiger partial charge in [-0.25, -0.2) is 0 Å². The molecule has 0 heterocycles. The fourth-order valence-electron chi connectivity index (χ4n) is 1.75. The number of likely N-dealkylation sites (N-methyl/N-ethyl adjacent to an activating group) is 1. The summed E-state index contributed by atoms with van der Waals surface area (Å²) in [6.45, 7) is 3.66. The highest BCUT2D eigenvalue weighted by Crippen LogP contribution is 2.27. The Balaban J connectivity index is 2.97. The highest BCUT2D eigenvalue weighted by Gasteiger charge is 2.19. The van der Waals surface area contributed by atoms with Gasteiger partial charge < -0.3 is 10.2 Å². The minimum atomic E-state index is -0.570. The van der Waals surface area contributed by atoms with Crippen molar-refractivity contribution in [2.24, 2.45) is 0 Å². The van der Waals surface area contributed by atoms with E-state index in [1.807, 2.05) is 13.8 Å². The number of rotatable bonds is 6. The highest BCUT2D eigenvalue weighted by molar-refractivity contribution is 5.84. The summed E-state index contributed by atoms with van der Waals surface area (Å²) in [5.74, 6) is -0.226. The minimum absolute atomic E-state index is 0.000540. The molecule has 0 aromatic heterocycles. The Bertz CT molecular complexity index is 528. The number of hydrogen-bond acceptors (Lipinski definition) is 5. The van der Waals surface area contributed by atoms with Gasteiger partial charge in [0.05, 0.1) is 11.5 Å². The maximum atomic E-state index is 11.7. The van der Waals surface area contributed by atoms with Gasteiger partial charge in [0.2, 0.25) is 5.91 Å². The van der Waals surface area contributed by atoms with Gasteiger partial charge in [-0.2, -0.15) is 0 Å². The van der Waals surface area contributed by atoms with E-state index in [0.717, 1.165) is 0 Å². The van der Waals surface area contributed by atoms with Gasteiger partial charge in [0.15, 0.2) is 0 Å². The number of benzene rings is 1. The van der Waals surface area contributed by atoms with Crippen molar-refractivity contribution in [1.29, 1.82) is 0 Å². The smallest absolute Gasteiger partial charge is 0.293 e. The first-order valence-electron chi connectivity index (χ1n) is 6.09. The molecule has 0 bridgehead atoms. The molecule has 0 aliphatic carbocycles. The van der Waals surface area contributed by atoms with E-state index in [0.29, 0.717) is 12.0 Å². The molecule has 0 saturated heterocycles. The summed E-state index contributed by atoms with van der Waals surface area (Å²) < 4.78 is 0. The Morgan fingerprint density at radius 1 is 1.50 bits per heavy atom. The first kappa shape index (κ1) is 15.6. The number of carbonyl (C=O) groups excluding carboxylic acids is 2. The summed E-state index contributed by atoms with van der Waals surface area (Å²) in [6.07, 6.45) is 0.544. The third-order valence-electron chi connectivity index (χ3n) is 2.57. The lowest BCUT2D eigenvalue weighted by atomic mass is 10.1. The zero-order valence-corrected chi connectivity index (χ0v) is 11.6. The van der Waals surface area contributed by atoms with E-state index in [2.05, 4.69) is 5.32 Å². The standard InChI is InChI=1S/C13H17N3O4/c1-9(2)14-13(18)7-15(3)11-5-4-10(8-17)6-12(11)16(19)20/h4-6,8-9H,7H2,1-3H3,(H,14,18). The second kappa shape index (κ2) is 6.65. The summed E-state index contributed by atoms with van der Waals surface area (Å²) in [5, 5.41) is 13.7. The summed E-state index contributed by atoms with van der Waals surface area (Å²) in [7, 11) is 1.59. The van der Waals surface area contributed by atoms with Crippen molar-refractivity contribution in [3.63, 3.8) is 0 Å². The van der Waals surface area contributed by atoms with Crippen LogP contribution < -0.4 is 10.2 Å². The summed E-state index contributed by atoms with van der Waals surface area (Å²) in [5.41, 5.74) is 0.314. The molecule has 1 aromatic carbocycles. The number of hydrogen-bond donors (Lipinski definition) is 1. The van der Waals surface area contributed by atoms with E-state index in [1.54, 1.807) is 7.05 Å². The van der Waals surface area contributed by atoms with Crippen LogP contribution in [-0.4, -0.2) is 36.8 Å². The Hall–Kier alpha value is -2.44. The van der Waals surface area contributed by atoms with E-state index >= 15 is 0 Å². The molecule has 0 unspecified atom stereocenters. The number of nitrogens with zero attached hydrogens (tertiary/aromatic N) is 2. The summed E-state index contributed by atoms with van der Waals surface area (Å²) in [4.78, 5) is 34.3. The second-order valence-corrected chi connectivity index (χ2v) is 4.70. The lowest BCUT2D eigenvalue weighted by molar-refractivity contribution is -0.384. The molecule has 7 heteroatoms. The van der Waals surface area contributed by atoms with Gasteiger partial charge in [-0.1, -0.05) is 0 Å². The SMILES string of the molecule is CC(C)NC(=O)CN(C)c1ccc(C=O)cc1[N+](=O)[O-]. The quantitative estimate of drug-likeness (QED) is 0.482. The van der Waals surface area contributed by atoms with Gasteiger partial charge in [0.1, 0.15) is 12.0 Å². The van der Waals surface area contributed by atoms with E-state index < -0.39 is 4.92 Å². The van der Waals surface area contributed by atoms with Crippen LogP contribution in [0.5, 0.6) is 0 Å². The molecule has 0 atom stereocenters. The van der Waals surface area contributed by atoms with Crippen molar-refractivity contribution in [3.8, 4) is 0 Å². The Kier molecular flexibility index (Phi) is 5.19. The number of aldehydes is 1. The Morgan fingerprint density at radius 3 is 2.65 bits per heavy atom. The van der Waals surface area contributed by atoms with Crippen LogP contribution in [0.25, 0.3) is 0 Å². The van der Waals surface area contributed by atoms with Gasteiger partial charge in [-0.05, 0) is 26.0 Å². The first-order valence-corrected chi connectivity index (χ1v) is 6.09. The minimum Gasteiger partial charge on any atom is -0.360 e. The molecule has 0 aliphatic rings. The Labute approximate surface area is 116 Å². The topological polar surface area (TPSA) is 92.6 Å². The van der Waals surface area contributed by atoms with Gasteiger partial charge in [0, 0.05) is 24.7 Å². The normalized spacial score (nSPS) is 10.2. The third-order valence-corrected chi connectivity index (χ3v) is 2.57. The predicted molar refractivity (Wildman–Crippen MR) is 75.0 cm³/mol. The molecule has 0 fully saturated rings. The number of amides is 1. The molecule has 1 rings (SSSR count). The van der Waals surface area contributed by atoms with Crippen LogP contribution >= 0.6 is 0 Å². The molecule has 7 nitrogen and oxygen atoms in total. The maximum absolute atomic E-state index is 11.7. The number of carbonyl (C=O) groups is 2. The molecule has 0 aliphatic heterocycles. The number of nitro benzene ring substituents is 1. The zero-order valence-electron chi connectivity index (χ0n) is 11.6. The molecule has 20 heavy (non-hydrogen) atoms. The van der Waals surface area contributed by atoms with Crippen molar-refractivity contribution in [1.82, 2.24) is 5.32 Å². The van der Waals surface area contributed by atoms with Gasteiger partial charge in [-0.3, -0.25) is 19.7 Å². The van der Waals surface area contributed by atoms with E-state index in [1.165, 1.54) is 23.1 Å². The van der Waals surface area contributed by atoms with Crippen molar-refractivity contribution < 1.29 is 14.5 Å². The fourth-order valence-corrected chi connectivity index (χ4v) is 1.75. The van der Waals surface area contributed by atoms with Crippen LogP contribution in [0.2, 0.25) is 0 Å². The van der Waals surface area contributed by atoms with Crippen LogP contribution in [-0.2, 0) is 4.79 Å². The number of nitrogens with one attached hydrogen (secondary N) is 1. The fraction of sp³-hybridized carbons (Fsp3) is 0.385. The first-order chi connectivity index (χ1) is 9.35. The van der Waals surface area contributed by atoms with E-state index in [4.69, 9.17) is 0 Å². The zero-order chi connectivity index (χ0) is 15.3. The second-order valence-electron chi connectivity index (χ2n) is 4.70. The average molecular weight is 279 g/mol.